The van der Waals surface area contributed by atoms with Crippen LogP contribution in [0.3, 0.4) is 0 Å². The van der Waals surface area contributed by atoms with E-state index in [1.165, 1.54) is 21.9 Å². The molecular weight excluding hydrogens is 196 g/mol. The first-order chi connectivity index (χ1) is 7.85. The smallest absolute Gasteiger partial charge is 0.0471 e. The van der Waals surface area contributed by atoms with Gasteiger partial charge in [0.1, 0.15) is 0 Å². The van der Waals surface area contributed by atoms with Gasteiger partial charge >= 0.3 is 0 Å². The number of hydrogen-bond donors (Lipinski definition) is 1. The molecule has 1 nitrogen and oxygen atoms in total. The van der Waals surface area contributed by atoms with E-state index in [9.17, 15) is 0 Å². The third-order valence-corrected chi connectivity index (χ3v) is 2.85. The predicted molar refractivity (Wildman–Crippen MR) is 69.3 cm³/mol. The molecular formula is C15H16O. The van der Waals surface area contributed by atoms with Gasteiger partial charge in [0.15, 0.2) is 0 Å². The predicted octanol–water partition coefficient (Wildman–Crippen LogP) is 3.63. The number of allylic oxidation sites excluding steroid dienone is 1. The van der Waals surface area contributed by atoms with Crippen molar-refractivity contribution in [1.29, 1.82) is 0 Å². The van der Waals surface area contributed by atoms with E-state index in [1.807, 2.05) is 19.1 Å². The fourth-order valence-corrected chi connectivity index (χ4v) is 1.96. The van der Waals surface area contributed by atoms with Crippen molar-refractivity contribution < 1.29 is 5.11 Å². The van der Waals surface area contributed by atoms with E-state index in [-0.39, 0.29) is 6.61 Å². The Balaban J connectivity index is 2.46. The van der Waals surface area contributed by atoms with Crippen LogP contribution in [0.2, 0.25) is 0 Å². The molecule has 0 unspecified atom stereocenters. The van der Waals surface area contributed by atoms with Crippen molar-refractivity contribution in [2.45, 2.75) is 13.3 Å². The minimum absolute atomic E-state index is 0.201. The van der Waals surface area contributed by atoms with Crippen LogP contribution >= 0.6 is 0 Å². The molecule has 2 aromatic carbocycles. The van der Waals surface area contributed by atoms with Crippen molar-refractivity contribution in [2.24, 2.45) is 0 Å². The Bertz CT molecular complexity index is 512. The first-order valence-electron chi connectivity index (χ1n) is 5.60. The van der Waals surface area contributed by atoms with Gasteiger partial charge in [-0.15, -0.1) is 0 Å². The molecule has 0 aliphatic heterocycles. The summed E-state index contributed by atoms with van der Waals surface area (Å²) < 4.78 is 0. The molecule has 0 aromatic heterocycles. The minimum Gasteiger partial charge on any atom is -0.396 e. The lowest BCUT2D eigenvalue weighted by atomic mass is 9.99. The van der Waals surface area contributed by atoms with Crippen LogP contribution in [0, 0.1) is 0 Å². The maximum atomic E-state index is 9.00. The highest BCUT2D eigenvalue weighted by molar-refractivity contribution is 5.86. The van der Waals surface area contributed by atoms with Gasteiger partial charge in [0.05, 0.1) is 0 Å². The third-order valence-electron chi connectivity index (χ3n) is 2.85. The maximum Gasteiger partial charge on any atom is 0.0471 e. The molecule has 0 amide bonds. The molecule has 82 valence electrons. The fraction of sp³-hybridized carbons (Fsp3) is 0.200. The van der Waals surface area contributed by atoms with Gasteiger partial charge < -0.3 is 5.11 Å². The molecule has 0 aliphatic carbocycles. The summed E-state index contributed by atoms with van der Waals surface area (Å²) in [6, 6.07) is 14.8. The molecule has 0 heterocycles. The highest BCUT2D eigenvalue weighted by Gasteiger charge is 2.01. The first kappa shape index (κ1) is 10.9. The van der Waals surface area contributed by atoms with Crippen LogP contribution in [0.5, 0.6) is 0 Å². The van der Waals surface area contributed by atoms with Crippen LogP contribution in [0.1, 0.15) is 18.9 Å². The molecule has 0 aliphatic rings. The lowest BCUT2D eigenvalue weighted by Gasteiger charge is -2.07. The lowest BCUT2D eigenvalue weighted by molar-refractivity contribution is 0.305. The van der Waals surface area contributed by atoms with Crippen molar-refractivity contribution >= 4 is 16.3 Å². The average Bonchev–Trinajstić information content (AvgIpc) is 2.35. The van der Waals surface area contributed by atoms with Gasteiger partial charge in [0.2, 0.25) is 0 Å². The van der Waals surface area contributed by atoms with Crippen LogP contribution in [-0.2, 0) is 0 Å². The standard InChI is InChI=1S/C15H16O/c1-2-12(9-10-16)15-8-7-13-5-3-4-6-14(13)11-15/h2-8,11,16H,9-10H2,1H3. The molecule has 0 radical (unpaired) electrons. The molecule has 1 heteroatoms. The van der Waals surface area contributed by atoms with Gasteiger partial charge in [-0.2, -0.15) is 0 Å². The lowest BCUT2D eigenvalue weighted by Crippen LogP contribution is -1.89. The van der Waals surface area contributed by atoms with Gasteiger partial charge in [-0.05, 0) is 41.3 Å². The Morgan fingerprint density at radius 3 is 2.56 bits per heavy atom. The number of aliphatic hydroxyl groups excluding tert-OH is 1. The van der Waals surface area contributed by atoms with Crippen LogP contribution in [0.4, 0.5) is 0 Å². The number of hydrogen-bond acceptors (Lipinski definition) is 1. The van der Waals surface area contributed by atoms with E-state index in [1.54, 1.807) is 0 Å². The number of rotatable bonds is 3. The molecule has 0 fully saturated rings. The minimum atomic E-state index is 0.201. The number of fused-ring (bicyclic) bond motifs is 1. The van der Waals surface area contributed by atoms with E-state index >= 15 is 0 Å². The molecule has 0 saturated carbocycles. The highest BCUT2D eigenvalue weighted by Crippen LogP contribution is 2.22. The molecule has 2 rings (SSSR count). The molecule has 16 heavy (non-hydrogen) atoms. The van der Waals surface area contributed by atoms with E-state index in [0.29, 0.717) is 0 Å². The zero-order valence-electron chi connectivity index (χ0n) is 9.48. The summed E-state index contributed by atoms with van der Waals surface area (Å²) in [7, 11) is 0. The summed E-state index contributed by atoms with van der Waals surface area (Å²) in [6.07, 6.45) is 2.79. The Labute approximate surface area is 96.0 Å². The zero-order valence-corrected chi connectivity index (χ0v) is 9.48. The summed E-state index contributed by atoms with van der Waals surface area (Å²) in [4.78, 5) is 0. The third kappa shape index (κ3) is 2.15. The normalized spacial score (nSPS) is 12.0. The van der Waals surface area contributed by atoms with Crippen LogP contribution in [0.15, 0.2) is 48.5 Å². The van der Waals surface area contributed by atoms with Gasteiger partial charge in [0, 0.05) is 6.61 Å². The van der Waals surface area contributed by atoms with Crippen LogP contribution in [0.25, 0.3) is 16.3 Å². The Hall–Kier alpha value is -1.60. The topological polar surface area (TPSA) is 20.2 Å². The molecule has 0 atom stereocenters. The van der Waals surface area contributed by atoms with Crippen molar-refractivity contribution in [2.75, 3.05) is 6.61 Å². The van der Waals surface area contributed by atoms with Gasteiger partial charge in [0.25, 0.3) is 0 Å². The molecule has 2 aromatic rings. The van der Waals surface area contributed by atoms with Crippen LogP contribution in [-0.4, -0.2) is 11.7 Å². The second kappa shape index (κ2) is 4.95. The van der Waals surface area contributed by atoms with Gasteiger partial charge in [-0.25, -0.2) is 0 Å². The van der Waals surface area contributed by atoms with Gasteiger partial charge in [-0.1, -0.05) is 42.5 Å². The summed E-state index contributed by atoms with van der Waals surface area (Å²) in [5, 5.41) is 11.5. The SMILES string of the molecule is CC=C(CCO)c1ccc2ccccc2c1. The maximum absolute atomic E-state index is 9.00. The van der Waals surface area contributed by atoms with Crippen molar-refractivity contribution in [3.63, 3.8) is 0 Å². The quantitative estimate of drug-likeness (QED) is 0.823. The van der Waals surface area contributed by atoms with E-state index < -0.39 is 0 Å². The van der Waals surface area contributed by atoms with Crippen molar-refractivity contribution in [3.8, 4) is 0 Å². The van der Waals surface area contributed by atoms with E-state index in [2.05, 4.69) is 36.4 Å². The molecule has 0 bridgehead atoms. The highest BCUT2D eigenvalue weighted by atomic mass is 16.2. The summed E-state index contributed by atoms with van der Waals surface area (Å²) in [6.45, 7) is 2.21. The van der Waals surface area contributed by atoms with Crippen molar-refractivity contribution in [3.05, 3.63) is 54.1 Å². The van der Waals surface area contributed by atoms with Gasteiger partial charge in [-0.3, -0.25) is 0 Å². The summed E-state index contributed by atoms with van der Waals surface area (Å²) >= 11 is 0. The molecule has 0 spiro atoms. The van der Waals surface area contributed by atoms with E-state index in [0.717, 1.165) is 6.42 Å². The fourth-order valence-electron chi connectivity index (χ4n) is 1.96. The second-order valence-electron chi connectivity index (χ2n) is 3.85. The molecule has 0 saturated heterocycles. The zero-order chi connectivity index (χ0) is 11.4. The average molecular weight is 212 g/mol. The Kier molecular flexibility index (Phi) is 3.37. The monoisotopic (exact) mass is 212 g/mol. The largest absolute Gasteiger partial charge is 0.396 e. The van der Waals surface area contributed by atoms with E-state index in [4.69, 9.17) is 5.11 Å². The first-order valence-corrected chi connectivity index (χ1v) is 5.60. The summed E-state index contributed by atoms with van der Waals surface area (Å²) in [5.74, 6) is 0. The Morgan fingerprint density at radius 2 is 1.88 bits per heavy atom. The summed E-state index contributed by atoms with van der Waals surface area (Å²) in [5.41, 5.74) is 2.41. The number of benzene rings is 2. The molecule has 1 N–H and O–H groups in total. The van der Waals surface area contributed by atoms with Crippen molar-refractivity contribution in [1.82, 2.24) is 0 Å². The number of aliphatic hydroxyl groups is 1. The Morgan fingerprint density at radius 1 is 1.12 bits per heavy atom. The second-order valence-corrected chi connectivity index (χ2v) is 3.85. The van der Waals surface area contributed by atoms with Crippen LogP contribution < -0.4 is 0 Å².